The van der Waals surface area contributed by atoms with Gasteiger partial charge >= 0.3 is 0 Å². The number of rotatable bonds is 4. The van der Waals surface area contributed by atoms with E-state index in [0.29, 0.717) is 19.8 Å². The van der Waals surface area contributed by atoms with Crippen molar-refractivity contribution in [2.45, 2.75) is 19.6 Å². The third-order valence-corrected chi connectivity index (χ3v) is 3.12. The van der Waals surface area contributed by atoms with E-state index < -0.39 is 0 Å². The number of nitrogens with zero attached hydrogens (tertiary/aromatic N) is 2. The highest BCUT2D eigenvalue weighted by molar-refractivity contribution is 7.11. The molecule has 1 N–H and O–H groups in total. The average molecular weight is 229 g/mol. The van der Waals surface area contributed by atoms with Crippen LogP contribution in [0.4, 0.5) is 0 Å². The highest BCUT2D eigenvalue weighted by Gasteiger charge is 2.20. The first-order valence-corrected chi connectivity index (χ1v) is 5.94. The summed E-state index contributed by atoms with van der Waals surface area (Å²) in [4.78, 5) is 0. The lowest BCUT2D eigenvalue weighted by molar-refractivity contribution is -0.0903. The lowest BCUT2D eigenvalue weighted by Crippen LogP contribution is -2.21. The van der Waals surface area contributed by atoms with E-state index in [4.69, 9.17) is 9.47 Å². The van der Waals surface area contributed by atoms with Gasteiger partial charge in [0.1, 0.15) is 16.1 Å². The maximum atomic E-state index is 5.54. The van der Waals surface area contributed by atoms with Gasteiger partial charge in [0.05, 0.1) is 19.8 Å². The van der Waals surface area contributed by atoms with E-state index in [0.717, 1.165) is 23.1 Å². The molecule has 1 unspecified atom stereocenters. The van der Waals surface area contributed by atoms with E-state index in [1.807, 2.05) is 0 Å². The van der Waals surface area contributed by atoms with Gasteiger partial charge in [-0.25, -0.2) is 0 Å². The second-order valence-electron chi connectivity index (χ2n) is 3.25. The molecule has 2 rings (SSSR count). The fourth-order valence-electron chi connectivity index (χ4n) is 1.33. The summed E-state index contributed by atoms with van der Waals surface area (Å²) >= 11 is 1.59. The summed E-state index contributed by atoms with van der Waals surface area (Å²) < 4.78 is 10.9. The molecular weight excluding hydrogens is 214 g/mol. The van der Waals surface area contributed by atoms with Gasteiger partial charge < -0.3 is 14.8 Å². The van der Waals surface area contributed by atoms with Crippen LogP contribution < -0.4 is 5.32 Å². The van der Waals surface area contributed by atoms with Crippen molar-refractivity contribution in [1.29, 1.82) is 0 Å². The van der Waals surface area contributed by atoms with Gasteiger partial charge in [-0.15, -0.1) is 10.2 Å². The molecule has 1 aliphatic rings. The highest BCUT2D eigenvalue weighted by atomic mass is 32.1. The van der Waals surface area contributed by atoms with Crippen LogP contribution >= 0.6 is 11.3 Å². The van der Waals surface area contributed by atoms with Crippen LogP contribution in [-0.4, -0.2) is 36.6 Å². The zero-order valence-corrected chi connectivity index (χ0v) is 9.55. The van der Waals surface area contributed by atoms with Gasteiger partial charge in [0, 0.05) is 6.54 Å². The minimum absolute atomic E-state index is 0.0216. The summed E-state index contributed by atoms with van der Waals surface area (Å²) in [5, 5.41) is 13.4. The van der Waals surface area contributed by atoms with E-state index in [1.54, 1.807) is 11.3 Å². The lowest BCUT2D eigenvalue weighted by Gasteiger charge is -2.20. The molecule has 1 aliphatic heterocycles. The SMILES string of the molecule is CCNCc1nnc(C2COCCO2)s1. The monoisotopic (exact) mass is 229 g/mol. The number of aromatic nitrogens is 2. The van der Waals surface area contributed by atoms with Crippen molar-refractivity contribution in [3.05, 3.63) is 10.0 Å². The van der Waals surface area contributed by atoms with Crippen molar-refractivity contribution < 1.29 is 9.47 Å². The van der Waals surface area contributed by atoms with Crippen LogP contribution in [0, 0.1) is 0 Å². The summed E-state index contributed by atoms with van der Waals surface area (Å²) in [5.74, 6) is 0. The standard InChI is InChI=1S/C9H15N3O2S/c1-2-10-5-8-11-12-9(15-8)7-6-13-3-4-14-7/h7,10H,2-6H2,1H3. The summed E-state index contributed by atoms with van der Waals surface area (Å²) in [7, 11) is 0. The topological polar surface area (TPSA) is 56.3 Å². The Balaban J connectivity index is 1.93. The first-order chi connectivity index (χ1) is 7.40. The molecule has 0 aromatic carbocycles. The van der Waals surface area contributed by atoms with Crippen LogP contribution in [0.2, 0.25) is 0 Å². The third-order valence-electron chi connectivity index (χ3n) is 2.10. The molecule has 0 aliphatic carbocycles. The molecule has 1 atom stereocenters. The van der Waals surface area contributed by atoms with Gasteiger partial charge in [-0.1, -0.05) is 18.3 Å². The van der Waals surface area contributed by atoms with E-state index in [1.165, 1.54) is 0 Å². The molecule has 0 spiro atoms. The highest BCUT2D eigenvalue weighted by Crippen LogP contribution is 2.23. The molecule has 1 saturated heterocycles. The molecule has 1 fully saturated rings. The molecule has 0 amide bonds. The molecule has 15 heavy (non-hydrogen) atoms. The van der Waals surface area contributed by atoms with Gasteiger partial charge in [-0.05, 0) is 6.54 Å². The molecule has 0 radical (unpaired) electrons. The first-order valence-electron chi connectivity index (χ1n) is 5.12. The van der Waals surface area contributed by atoms with Crippen LogP contribution in [0.15, 0.2) is 0 Å². The summed E-state index contributed by atoms with van der Waals surface area (Å²) in [6, 6.07) is 0. The van der Waals surface area contributed by atoms with Gasteiger partial charge in [-0.3, -0.25) is 0 Å². The minimum Gasteiger partial charge on any atom is -0.376 e. The quantitative estimate of drug-likeness (QED) is 0.825. The Morgan fingerprint density at radius 1 is 1.47 bits per heavy atom. The van der Waals surface area contributed by atoms with Crippen molar-refractivity contribution in [2.75, 3.05) is 26.4 Å². The van der Waals surface area contributed by atoms with E-state index >= 15 is 0 Å². The van der Waals surface area contributed by atoms with Crippen LogP contribution in [0.3, 0.4) is 0 Å². The van der Waals surface area contributed by atoms with E-state index in [-0.39, 0.29) is 6.10 Å². The Kier molecular flexibility index (Phi) is 4.01. The first kappa shape index (κ1) is 10.9. The maximum absolute atomic E-state index is 5.54. The summed E-state index contributed by atoms with van der Waals surface area (Å²) in [6.07, 6.45) is -0.0216. The predicted molar refractivity (Wildman–Crippen MR) is 56.8 cm³/mol. The van der Waals surface area contributed by atoms with Gasteiger partial charge in [0.25, 0.3) is 0 Å². The van der Waals surface area contributed by atoms with E-state index in [9.17, 15) is 0 Å². The number of hydrogen-bond donors (Lipinski definition) is 1. The maximum Gasteiger partial charge on any atom is 0.148 e. The normalized spacial score (nSPS) is 21.8. The van der Waals surface area contributed by atoms with Gasteiger partial charge in [-0.2, -0.15) is 0 Å². The second kappa shape index (κ2) is 5.50. The zero-order valence-electron chi connectivity index (χ0n) is 8.73. The lowest BCUT2D eigenvalue weighted by atomic mass is 10.4. The smallest absolute Gasteiger partial charge is 0.148 e. The molecule has 1 aromatic heterocycles. The molecule has 5 nitrogen and oxygen atoms in total. The average Bonchev–Trinajstić information content (AvgIpc) is 2.76. The van der Waals surface area contributed by atoms with Gasteiger partial charge in [0.15, 0.2) is 0 Å². The Morgan fingerprint density at radius 3 is 3.13 bits per heavy atom. The van der Waals surface area contributed by atoms with Crippen molar-refractivity contribution >= 4 is 11.3 Å². The van der Waals surface area contributed by atoms with Crippen molar-refractivity contribution in [3.8, 4) is 0 Å². The Morgan fingerprint density at radius 2 is 2.40 bits per heavy atom. The fraction of sp³-hybridized carbons (Fsp3) is 0.778. The van der Waals surface area contributed by atoms with Crippen molar-refractivity contribution in [1.82, 2.24) is 15.5 Å². The Bertz CT molecular complexity index is 299. The van der Waals surface area contributed by atoms with E-state index in [2.05, 4.69) is 22.4 Å². The molecule has 0 saturated carbocycles. The molecule has 84 valence electrons. The Hall–Kier alpha value is -0.560. The van der Waals surface area contributed by atoms with Crippen LogP contribution in [0.25, 0.3) is 0 Å². The zero-order chi connectivity index (χ0) is 10.5. The number of hydrogen-bond acceptors (Lipinski definition) is 6. The largest absolute Gasteiger partial charge is 0.376 e. The van der Waals surface area contributed by atoms with Crippen molar-refractivity contribution in [3.63, 3.8) is 0 Å². The van der Waals surface area contributed by atoms with Crippen LogP contribution in [0.1, 0.15) is 23.0 Å². The number of ether oxygens (including phenoxy) is 2. The van der Waals surface area contributed by atoms with Crippen molar-refractivity contribution in [2.24, 2.45) is 0 Å². The Labute approximate surface area is 92.8 Å². The molecule has 6 heteroatoms. The summed E-state index contributed by atoms with van der Waals surface area (Å²) in [5.41, 5.74) is 0. The van der Waals surface area contributed by atoms with Crippen LogP contribution in [-0.2, 0) is 16.0 Å². The molecule has 1 aromatic rings. The molecule has 2 heterocycles. The minimum atomic E-state index is -0.0216. The summed E-state index contributed by atoms with van der Waals surface area (Å²) in [6.45, 7) is 5.71. The third kappa shape index (κ3) is 2.94. The second-order valence-corrected chi connectivity index (χ2v) is 4.34. The predicted octanol–water partition coefficient (Wildman–Crippen LogP) is 0.735. The molecular formula is C9H15N3O2S. The fourth-order valence-corrected chi connectivity index (χ4v) is 2.18. The van der Waals surface area contributed by atoms with Crippen LogP contribution in [0.5, 0.6) is 0 Å². The molecule has 0 bridgehead atoms. The number of nitrogens with one attached hydrogen (secondary N) is 1. The van der Waals surface area contributed by atoms with Gasteiger partial charge in [0.2, 0.25) is 0 Å².